The van der Waals surface area contributed by atoms with Gasteiger partial charge in [-0.05, 0) is 44.2 Å². The van der Waals surface area contributed by atoms with Crippen LogP contribution in [0, 0.1) is 13.8 Å². The molecule has 3 heterocycles. The number of benzene rings is 2. The molecule has 0 saturated carbocycles. The Labute approximate surface area is 202 Å². The largest absolute Gasteiger partial charge is 0.419 e. The highest BCUT2D eigenvalue weighted by atomic mass is 32.2. The van der Waals surface area contributed by atoms with Crippen molar-refractivity contribution in [2.24, 2.45) is 7.05 Å². The first-order valence-corrected chi connectivity index (χ1v) is 12.7. The standard InChI is InChI=1S/C24H26N6O4S/c1-16-4-6-18(7-5-16)26-22-14-17(2)25-23(27-22)29-10-12-30(13-11-29)35(32,33)19-8-9-21-20(15-19)28(3)24(31)34-21/h4-9,14-15H,10-13H2,1-3H3,(H,25,26,27). The van der Waals surface area contributed by atoms with Crippen molar-refractivity contribution in [3.05, 3.63) is 70.3 Å². The van der Waals surface area contributed by atoms with Crippen LogP contribution in [0.2, 0.25) is 0 Å². The SMILES string of the molecule is Cc1ccc(Nc2cc(C)nc(N3CCN(S(=O)(=O)c4ccc5oc(=O)n(C)c5c4)CC3)n2)cc1. The van der Waals surface area contributed by atoms with Gasteiger partial charge in [-0.25, -0.2) is 18.2 Å². The maximum absolute atomic E-state index is 13.3. The lowest BCUT2D eigenvalue weighted by Gasteiger charge is -2.34. The molecule has 35 heavy (non-hydrogen) atoms. The molecule has 0 aliphatic carbocycles. The summed E-state index contributed by atoms with van der Waals surface area (Å²) in [6.07, 6.45) is 0. The van der Waals surface area contributed by atoms with Gasteiger partial charge in [0.2, 0.25) is 16.0 Å². The van der Waals surface area contributed by atoms with E-state index in [1.807, 2.05) is 49.1 Å². The lowest BCUT2D eigenvalue weighted by molar-refractivity contribution is 0.382. The van der Waals surface area contributed by atoms with Crippen LogP contribution >= 0.6 is 0 Å². The van der Waals surface area contributed by atoms with Crippen molar-refractivity contribution >= 4 is 38.6 Å². The number of aryl methyl sites for hydroxylation is 3. The van der Waals surface area contributed by atoms with E-state index in [4.69, 9.17) is 4.42 Å². The minimum absolute atomic E-state index is 0.131. The molecular weight excluding hydrogens is 468 g/mol. The highest BCUT2D eigenvalue weighted by Gasteiger charge is 2.30. The van der Waals surface area contributed by atoms with Gasteiger partial charge in [-0.2, -0.15) is 9.29 Å². The molecule has 4 aromatic rings. The van der Waals surface area contributed by atoms with Gasteiger partial charge in [-0.3, -0.25) is 4.57 Å². The number of nitrogens with one attached hydrogen (secondary N) is 1. The molecule has 2 aromatic heterocycles. The van der Waals surface area contributed by atoms with Crippen LogP contribution in [-0.4, -0.2) is 53.4 Å². The van der Waals surface area contributed by atoms with E-state index in [1.54, 1.807) is 7.05 Å². The first kappa shape index (κ1) is 23.1. The molecule has 1 N–H and O–H groups in total. The molecule has 0 spiro atoms. The van der Waals surface area contributed by atoms with Gasteiger partial charge in [0.1, 0.15) is 5.82 Å². The average molecular weight is 495 g/mol. The van der Waals surface area contributed by atoms with Crippen molar-refractivity contribution in [3.63, 3.8) is 0 Å². The molecule has 1 fully saturated rings. The number of aromatic nitrogens is 3. The summed E-state index contributed by atoms with van der Waals surface area (Å²) < 4.78 is 34.4. The van der Waals surface area contributed by atoms with Gasteiger partial charge in [0.15, 0.2) is 5.58 Å². The number of hydrogen-bond donors (Lipinski definition) is 1. The van der Waals surface area contributed by atoms with E-state index in [0.717, 1.165) is 11.4 Å². The van der Waals surface area contributed by atoms with E-state index in [9.17, 15) is 13.2 Å². The molecular formula is C24H26N6O4S. The summed E-state index contributed by atoms with van der Waals surface area (Å²) in [5.41, 5.74) is 3.72. The number of rotatable bonds is 5. The van der Waals surface area contributed by atoms with E-state index < -0.39 is 15.8 Å². The number of nitrogens with zero attached hydrogens (tertiary/aromatic N) is 5. The van der Waals surface area contributed by atoms with Crippen molar-refractivity contribution in [2.75, 3.05) is 36.4 Å². The van der Waals surface area contributed by atoms with Crippen LogP contribution in [0.4, 0.5) is 17.5 Å². The topological polar surface area (TPSA) is 114 Å². The van der Waals surface area contributed by atoms with Crippen LogP contribution in [0.25, 0.3) is 11.1 Å². The van der Waals surface area contributed by atoms with Crippen LogP contribution in [0.5, 0.6) is 0 Å². The zero-order valence-electron chi connectivity index (χ0n) is 19.7. The van der Waals surface area contributed by atoms with Crippen LogP contribution in [-0.2, 0) is 17.1 Å². The number of anilines is 3. The Hall–Kier alpha value is -3.70. The first-order chi connectivity index (χ1) is 16.7. The van der Waals surface area contributed by atoms with Crippen LogP contribution in [0.15, 0.2) is 62.6 Å². The van der Waals surface area contributed by atoms with E-state index in [2.05, 4.69) is 15.3 Å². The fourth-order valence-electron chi connectivity index (χ4n) is 4.09. The van der Waals surface area contributed by atoms with Gasteiger partial charge in [0.05, 0.1) is 10.4 Å². The second kappa shape index (κ2) is 8.82. The summed E-state index contributed by atoms with van der Waals surface area (Å²) >= 11 is 0. The third-order valence-electron chi connectivity index (χ3n) is 6.09. The molecule has 1 aliphatic rings. The van der Waals surface area contributed by atoms with Gasteiger partial charge < -0.3 is 14.6 Å². The quantitative estimate of drug-likeness (QED) is 0.451. The van der Waals surface area contributed by atoms with Crippen molar-refractivity contribution < 1.29 is 12.8 Å². The van der Waals surface area contributed by atoms with Gasteiger partial charge in [-0.15, -0.1) is 0 Å². The summed E-state index contributed by atoms with van der Waals surface area (Å²) in [7, 11) is -2.18. The molecule has 10 nitrogen and oxygen atoms in total. The Morgan fingerprint density at radius 1 is 0.943 bits per heavy atom. The molecule has 1 aliphatic heterocycles. The Morgan fingerprint density at radius 2 is 1.66 bits per heavy atom. The van der Waals surface area contributed by atoms with E-state index in [1.165, 1.54) is 32.6 Å². The third-order valence-corrected chi connectivity index (χ3v) is 7.98. The highest BCUT2D eigenvalue weighted by molar-refractivity contribution is 7.89. The Balaban J connectivity index is 1.32. The molecule has 0 radical (unpaired) electrons. The monoisotopic (exact) mass is 494 g/mol. The summed E-state index contributed by atoms with van der Waals surface area (Å²) in [5, 5.41) is 3.31. The lowest BCUT2D eigenvalue weighted by atomic mass is 10.2. The number of hydrogen-bond acceptors (Lipinski definition) is 8. The lowest BCUT2D eigenvalue weighted by Crippen LogP contribution is -2.49. The number of fused-ring (bicyclic) bond motifs is 1. The Morgan fingerprint density at radius 3 is 2.37 bits per heavy atom. The van der Waals surface area contributed by atoms with Crippen molar-refractivity contribution in [2.45, 2.75) is 18.7 Å². The fraction of sp³-hybridized carbons (Fsp3) is 0.292. The van der Waals surface area contributed by atoms with Gasteiger partial charge >= 0.3 is 5.76 Å². The molecule has 2 aromatic carbocycles. The second-order valence-electron chi connectivity index (χ2n) is 8.63. The molecule has 11 heteroatoms. The summed E-state index contributed by atoms with van der Waals surface area (Å²) in [6.45, 7) is 5.45. The van der Waals surface area contributed by atoms with E-state index >= 15 is 0 Å². The number of sulfonamides is 1. The van der Waals surface area contributed by atoms with Crippen molar-refractivity contribution in [1.82, 2.24) is 18.8 Å². The second-order valence-corrected chi connectivity index (χ2v) is 10.6. The Bertz CT molecular complexity index is 1550. The maximum Gasteiger partial charge on any atom is 0.419 e. The number of piperazine rings is 1. The third kappa shape index (κ3) is 4.52. The summed E-state index contributed by atoms with van der Waals surface area (Å²) in [6, 6.07) is 14.4. The molecule has 0 unspecified atom stereocenters. The fourth-order valence-corrected chi connectivity index (χ4v) is 5.53. The van der Waals surface area contributed by atoms with Crippen LogP contribution in [0.3, 0.4) is 0 Å². The van der Waals surface area contributed by atoms with Crippen LogP contribution in [0.1, 0.15) is 11.3 Å². The Kier molecular flexibility index (Phi) is 5.81. The van der Waals surface area contributed by atoms with Crippen LogP contribution < -0.4 is 16.0 Å². The maximum atomic E-state index is 13.3. The summed E-state index contributed by atoms with van der Waals surface area (Å²) in [4.78, 5) is 23.1. The van der Waals surface area contributed by atoms with Gasteiger partial charge in [0, 0.05) is 50.7 Å². The number of oxazole rings is 1. The van der Waals surface area contributed by atoms with Gasteiger partial charge in [-0.1, -0.05) is 17.7 Å². The minimum atomic E-state index is -3.73. The first-order valence-electron chi connectivity index (χ1n) is 11.2. The van der Waals surface area contributed by atoms with Gasteiger partial charge in [0.25, 0.3) is 0 Å². The average Bonchev–Trinajstić information content (AvgIpc) is 3.13. The molecule has 1 saturated heterocycles. The molecule has 182 valence electrons. The van der Waals surface area contributed by atoms with Crippen molar-refractivity contribution in [1.29, 1.82) is 0 Å². The summed E-state index contributed by atoms with van der Waals surface area (Å²) in [5.74, 6) is 0.717. The minimum Gasteiger partial charge on any atom is -0.408 e. The molecule has 5 rings (SSSR count). The highest BCUT2D eigenvalue weighted by Crippen LogP contribution is 2.24. The predicted molar refractivity (Wildman–Crippen MR) is 134 cm³/mol. The van der Waals surface area contributed by atoms with E-state index in [-0.39, 0.29) is 4.90 Å². The molecule has 0 amide bonds. The van der Waals surface area contributed by atoms with E-state index in [0.29, 0.717) is 49.0 Å². The normalized spacial score (nSPS) is 15.0. The molecule has 0 atom stereocenters. The molecule has 0 bridgehead atoms. The zero-order chi connectivity index (χ0) is 24.7. The van der Waals surface area contributed by atoms with Crippen molar-refractivity contribution in [3.8, 4) is 0 Å². The predicted octanol–water partition coefficient (Wildman–Crippen LogP) is 2.79. The smallest absolute Gasteiger partial charge is 0.408 e. The zero-order valence-corrected chi connectivity index (χ0v) is 20.5.